The highest BCUT2D eigenvalue weighted by Gasteiger charge is 2.12. The number of primary amides is 1. The van der Waals surface area contributed by atoms with Crippen molar-refractivity contribution < 1.29 is 19.1 Å². The van der Waals surface area contributed by atoms with E-state index in [0.29, 0.717) is 4.88 Å². The number of nitrogens with two attached hydrogens (primary N) is 1. The molecule has 0 radical (unpaired) electrons. The third-order valence-electron chi connectivity index (χ3n) is 1.54. The minimum atomic E-state index is -0.979. The Morgan fingerprint density at radius 3 is 2.62 bits per heavy atom. The fourth-order valence-corrected chi connectivity index (χ4v) is 1.68. The zero-order valence-electron chi connectivity index (χ0n) is 8.48. The van der Waals surface area contributed by atoms with Crippen LogP contribution >= 0.6 is 11.3 Å². The largest absolute Gasteiger partial charge is 0.451 e. The summed E-state index contributed by atoms with van der Waals surface area (Å²) in [6.07, 6.45) is 0. The Morgan fingerprint density at radius 2 is 2.12 bits per heavy atom. The van der Waals surface area contributed by atoms with Crippen molar-refractivity contribution in [2.45, 2.75) is 6.92 Å². The molecule has 1 rings (SSSR count). The van der Waals surface area contributed by atoms with Crippen LogP contribution in [-0.4, -0.2) is 24.5 Å². The van der Waals surface area contributed by atoms with Crippen LogP contribution < -0.4 is 11.1 Å². The van der Waals surface area contributed by atoms with Crippen LogP contribution in [0.2, 0.25) is 0 Å². The molecule has 0 aromatic carbocycles. The van der Waals surface area contributed by atoms with Gasteiger partial charge in [0.15, 0.2) is 6.61 Å². The lowest BCUT2D eigenvalue weighted by molar-refractivity contribution is -0.123. The predicted octanol–water partition coefficient (Wildman–Crippen LogP) is 0.408. The Morgan fingerprint density at radius 1 is 1.44 bits per heavy atom. The van der Waals surface area contributed by atoms with E-state index < -0.39 is 24.5 Å². The van der Waals surface area contributed by atoms with E-state index in [2.05, 4.69) is 4.74 Å². The smallest absolute Gasteiger partial charge is 0.348 e. The topological polar surface area (TPSA) is 98.5 Å². The van der Waals surface area contributed by atoms with Gasteiger partial charge in [0.25, 0.3) is 5.91 Å². The van der Waals surface area contributed by atoms with Crippen LogP contribution in [0.15, 0.2) is 12.1 Å². The second-order valence-corrected chi connectivity index (χ2v) is 4.19. The number of ether oxygens (including phenoxy) is 1. The van der Waals surface area contributed by atoms with Crippen LogP contribution in [0.25, 0.3) is 0 Å². The summed E-state index contributed by atoms with van der Waals surface area (Å²) in [5.74, 6) is -1.35. The monoisotopic (exact) mass is 242 g/mol. The Bertz CT molecular complexity index is 427. The highest BCUT2D eigenvalue weighted by Crippen LogP contribution is 2.15. The summed E-state index contributed by atoms with van der Waals surface area (Å²) in [6.45, 7) is 1.32. The van der Waals surface area contributed by atoms with Crippen molar-refractivity contribution in [2.24, 2.45) is 5.73 Å². The van der Waals surface area contributed by atoms with E-state index in [1.807, 2.05) is 6.92 Å². The van der Waals surface area contributed by atoms with Gasteiger partial charge in [0.05, 0.1) is 0 Å². The van der Waals surface area contributed by atoms with Gasteiger partial charge in [-0.05, 0) is 19.1 Å². The number of carbonyl (C=O) groups excluding carboxylic acids is 3. The summed E-state index contributed by atoms with van der Waals surface area (Å²) in [5, 5.41) is 1.78. The number of rotatable bonds is 3. The molecule has 1 aromatic rings. The number of thiophene rings is 1. The third kappa shape index (κ3) is 3.70. The summed E-state index contributed by atoms with van der Waals surface area (Å²) in [5.41, 5.74) is 4.70. The molecule has 16 heavy (non-hydrogen) atoms. The second-order valence-electron chi connectivity index (χ2n) is 2.90. The summed E-state index contributed by atoms with van der Waals surface area (Å²) >= 11 is 1.26. The summed E-state index contributed by atoms with van der Waals surface area (Å²) < 4.78 is 4.66. The van der Waals surface area contributed by atoms with E-state index in [4.69, 9.17) is 5.73 Å². The lowest BCUT2D eigenvalue weighted by atomic mass is 10.4. The van der Waals surface area contributed by atoms with Gasteiger partial charge in [0, 0.05) is 4.88 Å². The molecule has 1 aromatic heterocycles. The maximum Gasteiger partial charge on any atom is 0.348 e. The van der Waals surface area contributed by atoms with Crippen molar-refractivity contribution >= 4 is 29.2 Å². The van der Waals surface area contributed by atoms with Gasteiger partial charge in [-0.3, -0.25) is 10.1 Å². The molecule has 0 saturated carbocycles. The maximum absolute atomic E-state index is 11.3. The average molecular weight is 242 g/mol. The lowest BCUT2D eigenvalue weighted by Crippen LogP contribution is -2.37. The van der Waals surface area contributed by atoms with Crippen LogP contribution in [0.5, 0.6) is 0 Å². The average Bonchev–Trinajstić information content (AvgIpc) is 2.60. The van der Waals surface area contributed by atoms with Gasteiger partial charge in [-0.2, -0.15) is 0 Å². The van der Waals surface area contributed by atoms with Crippen LogP contribution in [0.3, 0.4) is 0 Å². The molecule has 0 aliphatic carbocycles. The van der Waals surface area contributed by atoms with E-state index in [0.717, 1.165) is 4.88 Å². The summed E-state index contributed by atoms with van der Waals surface area (Å²) in [4.78, 5) is 33.9. The van der Waals surface area contributed by atoms with Crippen LogP contribution in [0, 0.1) is 6.92 Å². The van der Waals surface area contributed by atoms with Gasteiger partial charge < -0.3 is 10.5 Å². The highest BCUT2D eigenvalue weighted by atomic mass is 32.1. The van der Waals surface area contributed by atoms with E-state index in [1.54, 1.807) is 17.4 Å². The third-order valence-corrected chi connectivity index (χ3v) is 2.52. The Hall–Kier alpha value is -1.89. The molecule has 0 aliphatic rings. The SMILES string of the molecule is Cc1ccc(C(=O)OCC(=O)NC(N)=O)s1. The first kappa shape index (κ1) is 12.2. The van der Waals surface area contributed by atoms with Crippen molar-refractivity contribution in [3.63, 3.8) is 0 Å². The molecule has 6 nitrogen and oxygen atoms in total. The van der Waals surface area contributed by atoms with Gasteiger partial charge >= 0.3 is 12.0 Å². The molecule has 1 heterocycles. The number of hydrogen-bond acceptors (Lipinski definition) is 5. The lowest BCUT2D eigenvalue weighted by Gasteiger charge is -2.02. The van der Waals surface area contributed by atoms with Gasteiger partial charge in [-0.1, -0.05) is 0 Å². The highest BCUT2D eigenvalue weighted by molar-refractivity contribution is 7.13. The number of nitrogens with one attached hydrogen (secondary N) is 1. The zero-order chi connectivity index (χ0) is 12.1. The fourth-order valence-electron chi connectivity index (χ4n) is 0.920. The Labute approximate surface area is 95.4 Å². The normalized spacial score (nSPS) is 9.56. The maximum atomic E-state index is 11.3. The van der Waals surface area contributed by atoms with Gasteiger partial charge in [-0.25, -0.2) is 9.59 Å². The van der Waals surface area contributed by atoms with Crippen molar-refractivity contribution in [1.82, 2.24) is 5.32 Å². The first-order valence-corrected chi connectivity index (χ1v) is 5.13. The van der Waals surface area contributed by atoms with Crippen LogP contribution in [0.1, 0.15) is 14.5 Å². The van der Waals surface area contributed by atoms with E-state index >= 15 is 0 Å². The molecule has 86 valence electrons. The molecule has 0 fully saturated rings. The number of amides is 3. The molecule has 3 N–H and O–H groups in total. The molecule has 0 atom stereocenters. The first-order valence-electron chi connectivity index (χ1n) is 4.32. The van der Waals surface area contributed by atoms with E-state index in [1.165, 1.54) is 11.3 Å². The molecule has 7 heteroatoms. The van der Waals surface area contributed by atoms with Crippen molar-refractivity contribution in [1.29, 1.82) is 0 Å². The van der Waals surface area contributed by atoms with Crippen molar-refractivity contribution in [3.8, 4) is 0 Å². The number of carbonyl (C=O) groups is 3. The molecule has 0 unspecified atom stereocenters. The van der Waals surface area contributed by atoms with Gasteiger partial charge in [0.1, 0.15) is 4.88 Å². The molecule has 3 amide bonds. The van der Waals surface area contributed by atoms with Crippen molar-refractivity contribution in [3.05, 3.63) is 21.9 Å². The van der Waals surface area contributed by atoms with Crippen LogP contribution in [0.4, 0.5) is 4.79 Å². The number of hydrogen-bond donors (Lipinski definition) is 2. The standard InChI is InChI=1S/C9H10N2O4S/c1-5-2-3-6(16-5)8(13)15-4-7(12)11-9(10)14/h2-3H,4H2,1H3,(H3,10,11,12,14). The number of urea groups is 1. The van der Waals surface area contributed by atoms with Crippen molar-refractivity contribution in [2.75, 3.05) is 6.61 Å². The predicted molar refractivity (Wildman–Crippen MR) is 57.1 cm³/mol. The summed E-state index contributed by atoms with van der Waals surface area (Å²) in [6, 6.07) is 2.40. The Kier molecular flexibility index (Phi) is 4.01. The zero-order valence-corrected chi connectivity index (χ0v) is 9.30. The molecule has 0 spiro atoms. The number of esters is 1. The first-order chi connectivity index (χ1) is 7.49. The Balaban J connectivity index is 2.41. The quantitative estimate of drug-likeness (QED) is 0.750. The minimum absolute atomic E-state index is 0.407. The van der Waals surface area contributed by atoms with E-state index in [9.17, 15) is 14.4 Å². The minimum Gasteiger partial charge on any atom is -0.451 e. The van der Waals surface area contributed by atoms with Crippen LogP contribution in [-0.2, 0) is 9.53 Å². The second kappa shape index (κ2) is 5.26. The number of aryl methyl sites for hydroxylation is 1. The van der Waals surface area contributed by atoms with Gasteiger partial charge in [0.2, 0.25) is 0 Å². The molecule has 0 saturated heterocycles. The molecular weight excluding hydrogens is 232 g/mol. The summed E-state index contributed by atoms with van der Waals surface area (Å²) in [7, 11) is 0. The fraction of sp³-hybridized carbons (Fsp3) is 0.222. The number of imide groups is 1. The van der Waals surface area contributed by atoms with Gasteiger partial charge in [-0.15, -0.1) is 11.3 Å². The van der Waals surface area contributed by atoms with E-state index in [-0.39, 0.29) is 0 Å². The molecule has 0 bridgehead atoms. The molecule has 0 aliphatic heterocycles. The molecular formula is C9H10N2O4S.